The zero-order valence-corrected chi connectivity index (χ0v) is 17.0. The van der Waals surface area contributed by atoms with Gasteiger partial charge in [-0.05, 0) is 37.8 Å². The molecule has 3 rings (SSSR count). The van der Waals surface area contributed by atoms with Crippen LogP contribution in [0.1, 0.15) is 43.4 Å². The van der Waals surface area contributed by atoms with E-state index in [1.807, 2.05) is 36.9 Å². The van der Waals surface area contributed by atoms with Crippen LogP contribution in [0.25, 0.3) is 11.0 Å². The Labute approximate surface area is 162 Å². The van der Waals surface area contributed by atoms with Crippen molar-refractivity contribution in [1.82, 2.24) is 14.5 Å². The van der Waals surface area contributed by atoms with Gasteiger partial charge in [0.2, 0.25) is 0 Å². The highest BCUT2D eigenvalue weighted by Gasteiger charge is 2.23. The van der Waals surface area contributed by atoms with Crippen LogP contribution in [-0.4, -0.2) is 45.3 Å². The van der Waals surface area contributed by atoms with Gasteiger partial charge in [-0.2, -0.15) is 0 Å². The topological polar surface area (TPSA) is 75.4 Å². The number of carbonyl (C=O) groups excluding carboxylic acids is 2. The number of imidazole rings is 1. The summed E-state index contributed by atoms with van der Waals surface area (Å²) in [5, 5.41) is 12.7. The molecule has 0 saturated carbocycles. The smallest absolute Gasteiger partial charge is 0.253 e. The fourth-order valence-corrected chi connectivity index (χ4v) is 3.91. The van der Waals surface area contributed by atoms with E-state index in [4.69, 9.17) is 0 Å². The molecule has 0 aliphatic rings. The molecule has 0 aliphatic carbocycles. The molecule has 0 spiro atoms. The maximum absolute atomic E-state index is 12.7. The Morgan fingerprint density at radius 1 is 1.26 bits per heavy atom. The van der Waals surface area contributed by atoms with Gasteiger partial charge in [0, 0.05) is 49.1 Å². The zero-order chi connectivity index (χ0) is 19.9. The van der Waals surface area contributed by atoms with Crippen LogP contribution in [0.5, 0.6) is 5.75 Å². The monoisotopic (exact) mass is 385 g/mol. The van der Waals surface area contributed by atoms with Crippen molar-refractivity contribution in [2.75, 3.05) is 14.1 Å². The predicted octanol–water partition coefficient (Wildman–Crippen LogP) is 3.47. The second-order valence-corrected chi connectivity index (χ2v) is 7.97. The first-order chi connectivity index (χ1) is 12.7. The first-order valence-electron chi connectivity index (χ1n) is 8.69. The van der Waals surface area contributed by atoms with Gasteiger partial charge in [-0.1, -0.05) is 0 Å². The van der Waals surface area contributed by atoms with Crippen molar-refractivity contribution in [3.63, 3.8) is 0 Å². The number of nitrogens with zero attached hydrogens (tertiary/aromatic N) is 3. The summed E-state index contributed by atoms with van der Waals surface area (Å²) in [4.78, 5) is 32.1. The van der Waals surface area contributed by atoms with E-state index in [2.05, 4.69) is 4.98 Å². The highest BCUT2D eigenvalue weighted by molar-refractivity contribution is 7.10. The summed E-state index contributed by atoms with van der Waals surface area (Å²) >= 11 is 1.53. The first-order valence-corrected chi connectivity index (χ1v) is 9.57. The molecule has 3 aromatic rings. The average molecular weight is 385 g/mol. The second kappa shape index (κ2) is 7.15. The van der Waals surface area contributed by atoms with Crippen molar-refractivity contribution in [3.8, 4) is 5.75 Å². The minimum absolute atomic E-state index is 0.00806. The maximum Gasteiger partial charge on any atom is 0.253 e. The molecule has 2 heterocycles. The number of aromatic nitrogens is 2. The maximum atomic E-state index is 12.7. The van der Waals surface area contributed by atoms with Crippen molar-refractivity contribution in [1.29, 1.82) is 0 Å². The number of aryl methyl sites for hydroxylation is 3. The van der Waals surface area contributed by atoms with Gasteiger partial charge in [-0.25, -0.2) is 4.98 Å². The third-order valence-corrected chi connectivity index (χ3v) is 5.72. The Morgan fingerprint density at radius 3 is 2.56 bits per heavy atom. The van der Waals surface area contributed by atoms with Gasteiger partial charge in [0.15, 0.2) is 5.78 Å². The Kier molecular flexibility index (Phi) is 5.06. The Bertz CT molecular complexity index is 1050. The Balaban J connectivity index is 2.05. The summed E-state index contributed by atoms with van der Waals surface area (Å²) in [5.41, 5.74) is 2.73. The normalized spacial score (nSPS) is 11.1. The van der Waals surface area contributed by atoms with E-state index in [1.54, 1.807) is 20.2 Å². The average Bonchev–Trinajstić information content (AvgIpc) is 3.17. The van der Waals surface area contributed by atoms with E-state index in [-0.39, 0.29) is 30.3 Å². The van der Waals surface area contributed by atoms with Crippen LogP contribution in [0.3, 0.4) is 0 Å². The number of thiophene rings is 1. The van der Waals surface area contributed by atoms with Crippen LogP contribution in [-0.2, 0) is 13.5 Å². The Hall–Kier alpha value is -2.67. The number of carbonyl (C=O) groups is 2. The fourth-order valence-electron chi connectivity index (χ4n) is 3.19. The molecular weight excluding hydrogens is 362 g/mol. The van der Waals surface area contributed by atoms with E-state index in [9.17, 15) is 14.7 Å². The van der Waals surface area contributed by atoms with E-state index >= 15 is 0 Å². The van der Waals surface area contributed by atoms with Crippen molar-refractivity contribution >= 4 is 34.1 Å². The van der Waals surface area contributed by atoms with E-state index in [1.165, 1.54) is 16.2 Å². The first kappa shape index (κ1) is 19.1. The van der Waals surface area contributed by atoms with Crippen LogP contribution in [0, 0.1) is 13.8 Å². The number of phenols is 1. The number of benzene rings is 1. The third kappa shape index (κ3) is 3.35. The highest BCUT2D eigenvalue weighted by Crippen LogP contribution is 2.33. The third-order valence-electron chi connectivity index (χ3n) is 4.88. The summed E-state index contributed by atoms with van der Waals surface area (Å²) in [5.74, 6) is 0.524. The lowest BCUT2D eigenvalue weighted by molar-refractivity contribution is 0.0825. The molecule has 0 atom stereocenters. The minimum atomic E-state index is -0.208. The molecule has 142 valence electrons. The van der Waals surface area contributed by atoms with E-state index in [0.29, 0.717) is 27.7 Å². The van der Waals surface area contributed by atoms with Gasteiger partial charge in [-0.3, -0.25) is 9.59 Å². The molecule has 0 fully saturated rings. The summed E-state index contributed by atoms with van der Waals surface area (Å²) < 4.78 is 1.84. The van der Waals surface area contributed by atoms with E-state index < -0.39 is 0 Å². The second-order valence-electron chi connectivity index (χ2n) is 6.85. The van der Waals surface area contributed by atoms with Crippen LogP contribution in [0.2, 0.25) is 0 Å². The molecule has 7 heteroatoms. The van der Waals surface area contributed by atoms with Gasteiger partial charge in [0.05, 0.1) is 5.52 Å². The molecular formula is C20H23N3O3S. The SMILES string of the molecule is Cc1sccc1C(=O)CCc1c(C(=O)N(C)C)cc2c(nc(C)n2C)c1O. The summed E-state index contributed by atoms with van der Waals surface area (Å²) in [6.45, 7) is 3.76. The zero-order valence-electron chi connectivity index (χ0n) is 16.2. The number of phenolic OH excluding ortho intramolecular Hbond substituents is 1. The molecule has 2 aromatic heterocycles. The summed E-state index contributed by atoms with van der Waals surface area (Å²) in [6.07, 6.45) is 0.497. The quantitative estimate of drug-likeness (QED) is 0.683. The van der Waals surface area contributed by atoms with Crippen LogP contribution < -0.4 is 0 Å². The van der Waals surface area contributed by atoms with E-state index in [0.717, 1.165) is 10.7 Å². The number of hydrogen-bond donors (Lipinski definition) is 1. The van der Waals surface area contributed by atoms with Crippen molar-refractivity contribution in [2.24, 2.45) is 7.05 Å². The lowest BCUT2D eigenvalue weighted by Gasteiger charge is -2.16. The molecule has 1 amide bonds. The van der Waals surface area contributed by atoms with Crippen LogP contribution >= 0.6 is 11.3 Å². The number of aromatic hydroxyl groups is 1. The van der Waals surface area contributed by atoms with Crippen LogP contribution in [0.15, 0.2) is 17.5 Å². The van der Waals surface area contributed by atoms with Gasteiger partial charge < -0.3 is 14.6 Å². The summed E-state index contributed by atoms with van der Waals surface area (Å²) in [6, 6.07) is 3.58. The summed E-state index contributed by atoms with van der Waals surface area (Å²) in [7, 11) is 5.18. The molecule has 0 bridgehead atoms. The molecule has 0 unspecified atom stereocenters. The number of ketones is 1. The van der Waals surface area contributed by atoms with Gasteiger partial charge in [0.25, 0.3) is 5.91 Å². The van der Waals surface area contributed by atoms with Crippen LogP contribution in [0.4, 0.5) is 0 Å². The number of Topliss-reactive ketones (excluding diaryl/α,β-unsaturated/α-hetero) is 1. The molecule has 1 aromatic carbocycles. The lowest BCUT2D eigenvalue weighted by atomic mass is 9.96. The molecule has 0 radical (unpaired) electrons. The number of amides is 1. The van der Waals surface area contributed by atoms with Gasteiger partial charge >= 0.3 is 0 Å². The molecule has 0 aliphatic heterocycles. The van der Waals surface area contributed by atoms with Crippen molar-refractivity contribution in [3.05, 3.63) is 44.9 Å². The number of hydrogen-bond acceptors (Lipinski definition) is 5. The largest absolute Gasteiger partial charge is 0.505 e. The highest BCUT2D eigenvalue weighted by atomic mass is 32.1. The standard InChI is InChI=1S/C20H23N3O3S/c1-11-13(8-9-27-11)17(24)7-6-14-15(20(26)22(3)4)10-16-18(19(14)25)21-12(2)23(16)5/h8-10,25H,6-7H2,1-5H3. The minimum Gasteiger partial charge on any atom is -0.505 e. The number of fused-ring (bicyclic) bond motifs is 1. The van der Waals surface area contributed by atoms with Gasteiger partial charge in [0.1, 0.15) is 17.1 Å². The van der Waals surface area contributed by atoms with Crippen molar-refractivity contribution < 1.29 is 14.7 Å². The molecule has 27 heavy (non-hydrogen) atoms. The van der Waals surface area contributed by atoms with Gasteiger partial charge in [-0.15, -0.1) is 11.3 Å². The Morgan fingerprint density at radius 2 is 1.96 bits per heavy atom. The molecule has 0 saturated heterocycles. The molecule has 6 nitrogen and oxygen atoms in total. The predicted molar refractivity (Wildman–Crippen MR) is 107 cm³/mol. The fraction of sp³-hybridized carbons (Fsp3) is 0.350. The lowest BCUT2D eigenvalue weighted by Crippen LogP contribution is -2.23. The number of rotatable bonds is 5. The van der Waals surface area contributed by atoms with Crippen molar-refractivity contribution in [2.45, 2.75) is 26.7 Å². The molecule has 1 N–H and O–H groups in total.